The summed E-state index contributed by atoms with van der Waals surface area (Å²) in [6.07, 6.45) is 1.78. The van der Waals surface area contributed by atoms with Crippen LogP contribution in [0.4, 0.5) is 4.39 Å². The molecular weight excluding hydrogens is 255 g/mol. The Labute approximate surface area is 107 Å². The molecule has 3 rings (SSSR count). The summed E-state index contributed by atoms with van der Waals surface area (Å²) in [6.45, 7) is 0. The van der Waals surface area contributed by atoms with Gasteiger partial charge in [0.25, 0.3) is 0 Å². The molecule has 1 saturated carbocycles. The zero-order valence-electron chi connectivity index (χ0n) is 9.48. The van der Waals surface area contributed by atoms with Gasteiger partial charge in [-0.25, -0.2) is 9.18 Å². The van der Waals surface area contributed by atoms with Crippen molar-refractivity contribution in [1.82, 2.24) is 0 Å². The molecule has 0 aliphatic heterocycles. The topological polar surface area (TPSA) is 46.5 Å². The average molecular weight is 266 g/mol. The number of thiophene rings is 1. The van der Waals surface area contributed by atoms with Crippen molar-refractivity contribution in [2.45, 2.75) is 24.9 Å². The number of carboxylic acids is 1. The number of hydrogen-bond acceptors (Lipinski definition) is 3. The quantitative estimate of drug-likeness (QED) is 0.925. The van der Waals surface area contributed by atoms with Crippen LogP contribution in [0.25, 0.3) is 10.1 Å². The number of hydrogen-bond donors (Lipinski definition) is 1. The lowest BCUT2D eigenvalue weighted by Gasteiger charge is -2.37. The standard InChI is InChI=1S/C13H11FO3S/c14-8-6-10(9-2-5-18-11(9)7-8)17-13(12(15)16)3-1-4-13/h2,5-7H,1,3-4H2,(H,15,16). The average Bonchev–Trinajstić information content (AvgIpc) is 2.70. The van der Waals surface area contributed by atoms with E-state index >= 15 is 0 Å². The smallest absolute Gasteiger partial charge is 0.348 e. The predicted octanol–water partition coefficient (Wildman–Crippen LogP) is 3.43. The first-order valence-electron chi connectivity index (χ1n) is 5.70. The van der Waals surface area contributed by atoms with Crippen LogP contribution in [0.15, 0.2) is 23.6 Å². The molecule has 1 aliphatic carbocycles. The van der Waals surface area contributed by atoms with Crippen molar-refractivity contribution in [3.63, 3.8) is 0 Å². The number of halogens is 1. The van der Waals surface area contributed by atoms with E-state index in [1.54, 1.807) is 0 Å². The number of carboxylic acid groups (broad SMARTS) is 1. The fourth-order valence-electron chi connectivity index (χ4n) is 2.16. The lowest BCUT2D eigenvalue weighted by molar-refractivity contribution is -0.163. The summed E-state index contributed by atoms with van der Waals surface area (Å²) in [5.41, 5.74) is -1.16. The predicted molar refractivity (Wildman–Crippen MR) is 66.6 cm³/mol. The zero-order valence-corrected chi connectivity index (χ0v) is 10.3. The lowest BCUT2D eigenvalue weighted by Crippen LogP contribution is -2.50. The summed E-state index contributed by atoms with van der Waals surface area (Å²) in [7, 11) is 0. The Morgan fingerprint density at radius 1 is 1.44 bits per heavy atom. The van der Waals surface area contributed by atoms with Gasteiger partial charge in [0.05, 0.1) is 0 Å². The largest absolute Gasteiger partial charge is 0.478 e. The number of aliphatic carboxylic acids is 1. The highest BCUT2D eigenvalue weighted by atomic mass is 32.1. The van der Waals surface area contributed by atoms with Gasteiger partial charge in [-0.3, -0.25) is 0 Å². The third-order valence-corrected chi connectivity index (χ3v) is 4.22. The highest BCUT2D eigenvalue weighted by molar-refractivity contribution is 7.17. The number of rotatable bonds is 3. The van der Waals surface area contributed by atoms with E-state index in [1.807, 2.05) is 11.4 Å². The Balaban J connectivity index is 2.04. The molecule has 3 nitrogen and oxygen atoms in total. The van der Waals surface area contributed by atoms with Crippen LogP contribution in [-0.4, -0.2) is 16.7 Å². The molecule has 0 atom stereocenters. The summed E-state index contributed by atoms with van der Waals surface area (Å²) >= 11 is 1.41. The highest BCUT2D eigenvalue weighted by Gasteiger charge is 2.47. The maximum absolute atomic E-state index is 13.5. The number of fused-ring (bicyclic) bond motifs is 1. The first kappa shape index (κ1) is 11.5. The summed E-state index contributed by atoms with van der Waals surface area (Å²) in [5, 5.41) is 11.8. The van der Waals surface area contributed by atoms with Gasteiger partial charge in [0.15, 0.2) is 0 Å². The van der Waals surface area contributed by atoms with Gasteiger partial charge >= 0.3 is 5.97 Å². The minimum Gasteiger partial charge on any atom is -0.478 e. The SMILES string of the molecule is O=C(O)C1(Oc2cc(F)cc3sccc23)CCC1. The Hall–Kier alpha value is -1.62. The minimum absolute atomic E-state index is 0.327. The van der Waals surface area contributed by atoms with Gasteiger partial charge in [-0.15, -0.1) is 11.3 Å². The molecule has 1 heterocycles. The maximum Gasteiger partial charge on any atom is 0.348 e. The van der Waals surface area contributed by atoms with Gasteiger partial charge in [0, 0.05) is 16.2 Å². The van der Waals surface area contributed by atoms with Crippen LogP contribution in [0.1, 0.15) is 19.3 Å². The monoisotopic (exact) mass is 266 g/mol. The third-order valence-electron chi connectivity index (χ3n) is 3.35. The summed E-state index contributed by atoms with van der Waals surface area (Å²) in [5.74, 6) is -1.05. The molecule has 0 amide bonds. The molecule has 0 saturated heterocycles. The molecule has 94 valence electrons. The van der Waals surface area contributed by atoms with Crippen molar-refractivity contribution < 1.29 is 19.0 Å². The Kier molecular flexibility index (Phi) is 2.52. The third kappa shape index (κ3) is 1.66. The van der Waals surface area contributed by atoms with Crippen LogP contribution in [0.2, 0.25) is 0 Å². The summed E-state index contributed by atoms with van der Waals surface area (Å²) in [6, 6.07) is 4.52. The second kappa shape index (κ2) is 3.95. The number of carbonyl (C=O) groups is 1. The zero-order chi connectivity index (χ0) is 12.8. The van der Waals surface area contributed by atoms with Gasteiger partial charge in [-0.1, -0.05) is 0 Å². The molecule has 2 aromatic rings. The molecule has 1 aromatic carbocycles. The molecule has 18 heavy (non-hydrogen) atoms. The van der Waals surface area contributed by atoms with E-state index in [0.29, 0.717) is 18.6 Å². The molecular formula is C13H11FO3S. The van der Waals surface area contributed by atoms with Crippen molar-refractivity contribution >= 4 is 27.4 Å². The lowest BCUT2D eigenvalue weighted by atomic mass is 9.80. The Bertz CT molecular complexity index is 616. The van der Waals surface area contributed by atoms with Gasteiger partial charge in [-0.2, -0.15) is 0 Å². The van der Waals surface area contributed by atoms with E-state index in [2.05, 4.69) is 0 Å². The molecule has 1 N–H and O–H groups in total. The normalized spacial score (nSPS) is 17.4. The second-order valence-electron chi connectivity index (χ2n) is 4.49. The fraction of sp³-hybridized carbons (Fsp3) is 0.308. The van der Waals surface area contributed by atoms with Gasteiger partial charge < -0.3 is 9.84 Å². The van der Waals surface area contributed by atoms with Crippen LogP contribution >= 0.6 is 11.3 Å². The van der Waals surface area contributed by atoms with Gasteiger partial charge in [0.1, 0.15) is 11.6 Å². The number of benzene rings is 1. The van der Waals surface area contributed by atoms with E-state index < -0.39 is 17.4 Å². The van der Waals surface area contributed by atoms with Crippen molar-refractivity contribution in [3.05, 3.63) is 29.4 Å². The van der Waals surface area contributed by atoms with Gasteiger partial charge in [0.2, 0.25) is 5.60 Å². The van der Waals surface area contributed by atoms with E-state index in [-0.39, 0.29) is 0 Å². The maximum atomic E-state index is 13.5. The minimum atomic E-state index is -1.16. The first-order valence-corrected chi connectivity index (χ1v) is 6.58. The van der Waals surface area contributed by atoms with Crippen LogP contribution in [0.3, 0.4) is 0 Å². The second-order valence-corrected chi connectivity index (χ2v) is 5.44. The van der Waals surface area contributed by atoms with Crippen LogP contribution in [0, 0.1) is 5.82 Å². The fourth-order valence-corrected chi connectivity index (χ4v) is 2.99. The summed E-state index contributed by atoms with van der Waals surface area (Å²) < 4.78 is 19.8. The molecule has 1 aliphatic rings. The van der Waals surface area contributed by atoms with E-state index in [4.69, 9.17) is 4.74 Å². The number of ether oxygens (including phenoxy) is 1. The Morgan fingerprint density at radius 3 is 2.83 bits per heavy atom. The molecule has 5 heteroatoms. The summed E-state index contributed by atoms with van der Waals surface area (Å²) in [4.78, 5) is 11.3. The van der Waals surface area contributed by atoms with E-state index in [9.17, 15) is 14.3 Å². The van der Waals surface area contributed by atoms with Crippen LogP contribution in [-0.2, 0) is 4.79 Å². The molecule has 0 spiro atoms. The molecule has 0 unspecified atom stereocenters. The van der Waals surface area contributed by atoms with Crippen molar-refractivity contribution in [1.29, 1.82) is 0 Å². The molecule has 0 radical (unpaired) electrons. The van der Waals surface area contributed by atoms with Crippen molar-refractivity contribution in [2.75, 3.05) is 0 Å². The molecule has 1 aromatic heterocycles. The first-order chi connectivity index (χ1) is 8.61. The van der Waals surface area contributed by atoms with Gasteiger partial charge in [-0.05, 0) is 36.8 Å². The van der Waals surface area contributed by atoms with E-state index in [0.717, 1.165) is 16.5 Å². The molecule has 1 fully saturated rings. The van der Waals surface area contributed by atoms with Crippen LogP contribution in [0.5, 0.6) is 5.75 Å². The van der Waals surface area contributed by atoms with Crippen molar-refractivity contribution in [3.8, 4) is 5.75 Å². The van der Waals surface area contributed by atoms with Crippen molar-refractivity contribution in [2.24, 2.45) is 0 Å². The Morgan fingerprint density at radius 2 is 2.22 bits per heavy atom. The highest BCUT2D eigenvalue weighted by Crippen LogP contribution is 2.40. The molecule has 0 bridgehead atoms. The van der Waals surface area contributed by atoms with Crippen LogP contribution < -0.4 is 4.74 Å². The van der Waals surface area contributed by atoms with E-state index in [1.165, 1.54) is 23.5 Å².